The minimum atomic E-state index is -3.31. The first kappa shape index (κ1) is 15.7. The molecule has 6 nitrogen and oxygen atoms in total. The first-order valence-corrected chi connectivity index (χ1v) is 8.02. The Balaban J connectivity index is 2.48. The second-order valence-electron chi connectivity index (χ2n) is 3.95. The molecule has 0 amide bonds. The maximum Gasteiger partial charge on any atom is 0.232 e. The number of ether oxygens (including phenoxy) is 1. The van der Waals surface area contributed by atoms with Crippen molar-refractivity contribution in [2.45, 2.75) is 20.3 Å². The highest BCUT2D eigenvalue weighted by molar-refractivity contribution is 7.92. The summed E-state index contributed by atoms with van der Waals surface area (Å²) in [5, 5.41) is 3.09. The van der Waals surface area contributed by atoms with Crippen molar-refractivity contribution in [2.75, 3.05) is 30.2 Å². The van der Waals surface area contributed by atoms with Crippen molar-refractivity contribution in [3.8, 4) is 5.88 Å². The summed E-state index contributed by atoms with van der Waals surface area (Å²) in [5.74, 6) is 0.574. The van der Waals surface area contributed by atoms with E-state index in [0.717, 1.165) is 6.54 Å². The van der Waals surface area contributed by atoms with Crippen LogP contribution in [0.1, 0.15) is 20.3 Å². The number of anilines is 1. The molecule has 0 atom stereocenters. The van der Waals surface area contributed by atoms with Gasteiger partial charge in [-0.1, -0.05) is 6.92 Å². The molecule has 0 fully saturated rings. The quantitative estimate of drug-likeness (QED) is 0.668. The topological polar surface area (TPSA) is 80.3 Å². The predicted molar refractivity (Wildman–Crippen MR) is 76.0 cm³/mol. The highest BCUT2D eigenvalue weighted by Gasteiger charge is 2.10. The number of rotatable bonds is 9. The lowest BCUT2D eigenvalue weighted by Gasteiger charge is -2.08. The number of pyridine rings is 1. The zero-order valence-electron chi connectivity index (χ0n) is 11.3. The summed E-state index contributed by atoms with van der Waals surface area (Å²) in [6.45, 7) is 5.92. The van der Waals surface area contributed by atoms with Crippen LogP contribution in [0.15, 0.2) is 18.3 Å². The van der Waals surface area contributed by atoms with E-state index in [1.54, 1.807) is 12.1 Å². The summed E-state index contributed by atoms with van der Waals surface area (Å²) >= 11 is 0. The van der Waals surface area contributed by atoms with Gasteiger partial charge in [-0.3, -0.25) is 4.72 Å². The van der Waals surface area contributed by atoms with E-state index in [1.165, 1.54) is 6.20 Å². The lowest BCUT2D eigenvalue weighted by molar-refractivity contribution is 0.327. The molecule has 0 aliphatic carbocycles. The zero-order valence-corrected chi connectivity index (χ0v) is 12.2. The van der Waals surface area contributed by atoms with E-state index >= 15 is 0 Å². The van der Waals surface area contributed by atoms with Gasteiger partial charge in [-0.2, -0.15) is 0 Å². The highest BCUT2D eigenvalue weighted by Crippen LogP contribution is 2.13. The van der Waals surface area contributed by atoms with Gasteiger partial charge in [0.2, 0.25) is 15.9 Å². The van der Waals surface area contributed by atoms with Crippen molar-refractivity contribution in [1.82, 2.24) is 10.3 Å². The van der Waals surface area contributed by atoms with Gasteiger partial charge in [0, 0.05) is 6.07 Å². The molecule has 7 heteroatoms. The van der Waals surface area contributed by atoms with Crippen LogP contribution in [0.3, 0.4) is 0 Å². The molecular formula is C12H21N3O3S. The van der Waals surface area contributed by atoms with Crippen LogP contribution in [0, 0.1) is 0 Å². The number of nitrogens with zero attached hydrogens (tertiary/aromatic N) is 1. The van der Waals surface area contributed by atoms with E-state index in [2.05, 4.69) is 15.0 Å². The lowest BCUT2D eigenvalue weighted by Crippen LogP contribution is -2.21. The Hall–Kier alpha value is -1.34. The lowest BCUT2D eigenvalue weighted by atomic mass is 10.4. The number of hydrogen-bond acceptors (Lipinski definition) is 5. The third-order valence-electron chi connectivity index (χ3n) is 2.32. The Labute approximate surface area is 114 Å². The van der Waals surface area contributed by atoms with Gasteiger partial charge in [-0.25, -0.2) is 13.4 Å². The molecule has 2 N–H and O–H groups in total. The smallest absolute Gasteiger partial charge is 0.232 e. The van der Waals surface area contributed by atoms with Crippen LogP contribution in [0.25, 0.3) is 0 Å². The van der Waals surface area contributed by atoms with Gasteiger partial charge in [0.15, 0.2) is 0 Å². The van der Waals surface area contributed by atoms with Crippen LogP contribution < -0.4 is 14.8 Å². The van der Waals surface area contributed by atoms with Crippen LogP contribution >= 0.6 is 0 Å². The number of hydrogen-bond donors (Lipinski definition) is 2. The molecule has 1 aromatic rings. The Bertz CT molecular complexity index is 460. The molecule has 108 valence electrons. The monoisotopic (exact) mass is 287 g/mol. The van der Waals surface area contributed by atoms with Crippen LogP contribution in [0.2, 0.25) is 0 Å². The summed E-state index contributed by atoms with van der Waals surface area (Å²) in [6, 6.07) is 3.28. The van der Waals surface area contributed by atoms with E-state index in [0.29, 0.717) is 31.1 Å². The van der Waals surface area contributed by atoms with E-state index in [1.807, 2.05) is 13.8 Å². The summed E-state index contributed by atoms with van der Waals surface area (Å²) in [6.07, 6.45) is 2.03. The number of aromatic nitrogens is 1. The SMILES string of the molecule is CCNCCCS(=O)(=O)Nc1ccc(OCC)nc1. The second-order valence-corrected chi connectivity index (χ2v) is 5.79. The molecule has 0 bridgehead atoms. The predicted octanol–water partition coefficient (Wildman–Crippen LogP) is 1.22. The van der Waals surface area contributed by atoms with Gasteiger partial charge in [0.1, 0.15) is 0 Å². The third-order valence-corrected chi connectivity index (χ3v) is 3.69. The minimum Gasteiger partial charge on any atom is -0.478 e. The van der Waals surface area contributed by atoms with Crippen LogP contribution in [-0.2, 0) is 10.0 Å². The molecule has 1 heterocycles. The first-order chi connectivity index (χ1) is 9.07. The molecule has 0 aromatic carbocycles. The zero-order chi connectivity index (χ0) is 14.1. The van der Waals surface area contributed by atoms with E-state index in [-0.39, 0.29) is 5.75 Å². The summed E-state index contributed by atoms with van der Waals surface area (Å²) in [7, 11) is -3.31. The Morgan fingerprint density at radius 1 is 1.32 bits per heavy atom. The Morgan fingerprint density at radius 2 is 2.11 bits per heavy atom. The fraction of sp³-hybridized carbons (Fsp3) is 0.583. The van der Waals surface area contributed by atoms with E-state index < -0.39 is 10.0 Å². The average Bonchev–Trinajstić information content (AvgIpc) is 2.37. The molecule has 1 rings (SSSR count). The van der Waals surface area contributed by atoms with Gasteiger partial charge in [-0.05, 0) is 32.5 Å². The average molecular weight is 287 g/mol. The van der Waals surface area contributed by atoms with Gasteiger partial charge in [-0.15, -0.1) is 0 Å². The normalized spacial score (nSPS) is 11.3. The standard InChI is InChI=1S/C12H21N3O3S/c1-3-13-8-5-9-19(16,17)15-11-6-7-12(14-10-11)18-4-2/h6-7,10,13,15H,3-5,8-9H2,1-2H3. The van der Waals surface area contributed by atoms with Gasteiger partial charge in [0.25, 0.3) is 0 Å². The minimum absolute atomic E-state index is 0.0905. The molecule has 0 aliphatic rings. The fourth-order valence-corrected chi connectivity index (χ4v) is 2.57. The first-order valence-electron chi connectivity index (χ1n) is 6.37. The molecule has 1 aromatic heterocycles. The van der Waals surface area contributed by atoms with Crippen molar-refractivity contribution >= 4 is 15.7 Å². The molecule has 0 saturated heterocycles. The fourth-order valence-electron chi connectivity index (χ4n) is 1.47. The largest absolute Gasteiger partial charge is 0.478 e. The molecular weight excluding hydrogens is 266 g/mol. The highest BCUT2D eigenvalue weighted by atomic mass is 32.2. The van der Waals surface area contributed by atoms with Gasteiger partial charge >= 0.3 is 0 Å². The Morgan fingerprint density at radius 3 is 2.68 bits per heavy atom. The van der Waals surface area contributed by atoms with Crippen LogP contribution in [0.4, 0.5) is 5.69 Å². The van der Waals surface area contributed by atoms with E-state index in [9.17, 15) is 8.42 Å². The molecule has 0 aliphatic heterocycles. The van der Waals surface area contributed by atoms with Crippen molar-refractivity contribution in [2.24, 2.45) is 0 Å². The van der Waals surface area contributed by atoms with Crippen LogP contribution in [-0.4, -0.2) is 38.9 Å². The summed E-state index contributed by atoms with van der Waals surface area (Å²) in [4.78, 5) is 4.00. The maximum absolute atomic E-state index is 11.8. The molecule has 0 spiro atoms. The second kappa shape index (κ2) is 7.96. The van der Waals surface area contributed by atoms with E-state index in [4.69, 9.17) is 4.74 Å². The van der Waals surface area contributed by atoms with Gasteiger partial charge < -0.3 is 10.1 Å². The Kier molecular flexibility index (Phi) is 6.58. The van der Waals surface area contributed by atoms with Crippen molar-refractivity contribution in [1.29, 1.82) is 0 Å². The van der Waals surface area contributed by atoms with Crippen molar-refractivity contribution < 1.29 is 13.2 Å². The molecule has 19 heavy (non-hydrogen) atoms. The number of sulfonamides is 1. The third kappa shape index (κ3) is 6.40. The summed E-state index contributed by atoms with van der Waals surface area (Å²) in [5.41, 5.74) is 0.451. The molecule has 0 saturated carbocycles. The van der Waals surface area contributed by atoms with Crippen LogP contribution in [0.5, 0.6) is 5.88 Å². The molecule has 0 unspecified atom stereocenters. The molecule has 0 radical (unpaired) electrons. The van der Waals surface area contributed by atoms with Crippen molar-refractivity contribution in [3.05, 3.63) is 18.3 Å². The maximum atomic E-state index is 11.8. The van der Waals surface area contributed by atoms with Crippen molar-refractivity contribution in [3.63, 3.8) is 0 Å². The summed E-state index contributed by atoms with van der Waals surface area (Å²) < 4.78 is 31.2. The van der Waals surface area contributed by atoms with Gasteiger partial charge in [0.05, 0.1) is 24.2 Å². The number of nitrogens with one attached hydrogen (secondary N) is 2.